The number of carbonyl (C=O) groups excluding carboxylic acids is 1. The minimum Gasteiger partial charge on any atom is -0.430 e. The van der Waals surface area contributed by atoms with Crippen molar-refractivity contribution in [3.63, 3.8) is 0 Å². The molecule has 4 saturated carbocycles. The maximum Gasteiger partial charge on any atom is 0.514 e. The molecule has 0 spiro atoms. The van der Waals surface area contributed by atoms with E-state index >= 15 is 0 Å². The molecule has 4 fully saturated rings. The van der Waals surface area contributed by atoms with Gasteiger partial charge in [0.1, 0.15) is 11.9 Å². The first kappa shape index (κ1) is 13.9. The first-order chi connectivity index (χ1) is 10.7. The summed E-state index contributed by atoms with van der Waals surface area (Å²) in [4.78, 5) is 12.2. The number of carbonyl (C=O) groups is 1. The lowest BCUT2D eigenvalue weighted by Gasteiger charge is -2.53. The van der Waals surface area contributed by atoms with E-state index in [0.717, 1.165) is 17.4 Å². The minimum atomic E-state index is -0.563. The molecule has 1 aromatic rings. The second-order valence-electron chi connectivity index (χ2n) is 7.11. The summed E-state index contributed by atoms with van der Waals surface area (Å²) in [6, 6.07) is 7.39. The van der Waals surface area contributed by atoms with Crippen LogP contribution in [0.4, 0.5) is 4.79 Å². The van der Waals surface area contributed by atoms with Gasteiger partial charge in [-0.05, 0) is 61.8 Å². The van der Waals surface area contributed by atoms with Crippen LogP contribution >= 0.6 is 0 Å². The van der Waals surface area contributed by atoms with Crippen molar-refractivity contribution in [3.05, 3.63) is 36.4 Å². The molecule has 5 rings (SSSR count). The molecule has 116 valence electrons. The third-order valence-corrected chi connectivity index (χ3v) is 5.70. The summed E-state index contributed by atoms with van der Waals surface area (Å²) in [7, 11) is 0. The normalized spacial score (nSPS) is 35.2. The molecule has 0 atom stereocenters. The molecule has 0 unspecified atom stereocenters. The fourth-order valence-corrected chi connectivity index (χ4v) is 5.03. The Balaban J connectivity index is 1.43. The molecule has 0 aliphatic heterocycles. The predicted molar refractivity (Wildman–Crippen MR) is 84.5 cm³/mol. The van der Waals surface area contributed by atoms with Crippen LogP contribution in [0.5, 0.6) is 5.75 Å². The van der Waals surface area contributed by atoms with E-state index in [0.29, 0.717) is 17.6 Å². The van der Waals surface area contributed by atoms with Gasteiger partial charge in [-0.3, -0.25) is 0 Å². The zero-order chi connectivity index (χ0) is 15.1. The molecular formula is C19H22O3. The van der Waals surface area contributed by atoms with Crippen LogP contribution in [0, 0.1) is 23.7 Å². The van der Waals surface area contributed by atoms with Gasteiger partial charge in [0.05, 0.1) is 0 Å². The highest BCUT2D eigenvalue weighted by atomic mass is 16.7. The fraction of sp³-hybridized carbons (Fsp3) is 0.526. The van der Waals surface area contributed by atoms with E-state index in [1.54, 1.807) is 12.1 Å². The predicted octanol–water partition coefficient (Wildman–Crippen LogP) is 4.67. The van der Waals surface area contributed by atoms with Crippen LogP contribution in [0.15, 0.2) is 30.8 Å². The lowest BCUT2D eigenvalue weighted by Crippen LogP contribution is -2.50. The Morgan fingerprint density at radius 3 is 2.32 bits per heavy atom. The van der Waals surface area contributed by atoms with Gasteiger partial charge in [-0.1, -0.05) is 30.9 Å². The molecule has 3 heteroatoms. The molecule has 4 bridgehead atoms. The third kappa shape index (κ3) is 2.43. The maximum atomic E-state index is 12.2. The highest BCUT2D eigenvalue weighted by Gasteiger charge is 2.50. The Kier molecular flexibility index (Phi) is 3.44. The molecule has 3 nitrogen and oxygen atoms in total. The van der Waals surface area contributed by atoms with Crippen molar-refractivity contribution in [1.29, 1.82) is 0 Å². The van der Waals surface area contributed by atoms with Crippen LogP contribution in [0.3, 0.4) is 0 Å². The van der Waals surface area contributed by atoms with Gasteiger partial charge in [0.25, 0.3) is 0 Å². The van der Waals surface area contributed by atoms with E-state index in [9.17, 15) is 4.79 Å². The Morgan fingerprint density at radius 2 is 1.68 bits per heavy atom. The molecular weight excluding hydrogens is 276 g/mol. The van der Waals surface area contributed by atoms with Gasteiger partial charge in [-0.2, -0.15) is 0 Å². The van der Waals surface area contributed by atoms with Crippen molar-refractivity contribution >= 4 is 12.2 Å². The zero-order valence-electron chi connectivity index (χ0n) is 12.7. The number of para-hydroxylation sites is 1. The largest absolute Gasteiger partial charge is 0.514 e. The highest BCUT2D eigenvalue weighted by Crippen LogP contribution is 2.54. The molecule has 4 aliphatic carbocycles. The average molecular weight is 298 g/mol. The third-order valence-electron chi connectivity index (χ3n) is 5.70. The van der Waals surface area contributed by atoms with Gasteiger partial charge in [0.2, 0.25) is 0 Å². The van der Waals surface area contributed by atoms with Gasteiger partial charge >= 0.3 is 6.16 Å². The lowest BCUT2D eigenvalue weighted by molar-refractivity contribution is -0.104. The van der Waals surface area contributed by atoms with Crippen molar-refractivity contribution in [2.75, 3.05) is 0 Å². The van der Waals surface area contributed by atoms with Crippen molar-refractivity contribution in [2.24, 2.45) is 23.7 Å². The smallest absolute Gasteiger partial charge is 0.430 e. The van der Waals surface area contributed by atoms with Gasteiger partial charge in [-0.15, -0.1) is 0 Å². The minimum absolute atomic E-state index is 0.0659. The molecule has 22 heavy (non-hydrogen) atoms. The van der Waals surface area contributed by atoms with Gasteiger partial charge in [-0.25, -0.2) is 4.79 Å². The fourth-order valence-electron chi connectivity index (χ4n) is 5.03. The van der Waals surface area contributed by atoms with Crippen LogP contribution < -0.4 is 4.74 Å². The summed E-state index contributed by atoms with van der Waals surface area (Å²) < 4.78 is 11.1. The summed E-state index contributed by atoms with van der Waals surface area (Å²) in [6.45, 7) is 3.74. The second-order valence-corrected chi connectivity index (χ2v) is 7.11. The van der Waals surface area contributed by atoms with Crippen molar-refractivity contribution in [1.82, 2.24) is 0 Å². The van der Waals surface area contributed by atoms with Crippen LogP contribution in [-0.2, 0) is 4.74 Å². The van der Waals surface area contributed by atoms with Gasteiger partial charge in [0.15, 0.2) is 0 Å². The van der Waals surface area contributed by atoms with Crippen LogP contribution in [0.1, 0.15) is 37.7 Å². The monoisotopic (exact) mass is 298 g/mol. The summed E-state index contributed by atoms with van der Waals surface area (Å²) in [5.41, 5.74) is 0.810. The van der Waals surface area contributed by atoms with E-state index in [2.05, 4.69) is 6.58 Å². The van der Waals surface area contributed by atoms with Crippen LogP contribution in [0.25, 0.3) is 6.08 Å². The molecule has 1 aromatic carbocycles. The number of hydrogen-bond donors (Lipinski definition) is 0. The van der Waals surface area contributed by atoms with E-state index in [4.69, 9.17) is 9.47 Å². The van der Waals surface area contributed by atoms with E-state index in [-0.39, 0.29) is 6.10 Å². The Hall–Kier alpha value is -1.77. The summed E-state index contributed by atoms with van der Waals surface area (Å²) in [5.74, 6) is 3.38. The first-order valence-corrected chi connectivity index (χ1v) is 8.33. The van der Waals surface area contributed by atoms with E-state index in [1.807, 2.05) is 18.2 Å². The van der Waals surface area contributed by atoms with Crippen molar-refractivity contribution in [3.8, 4) is 5.75 Å². The van der Waals surface area contributed by atoms with Crippen molar-refractivity contribution < 1.29 is 14.3 Å². The molecule has 0 heterocycles. The second kappa shape index (κ2) is 5.45. The van der Waals surface area contributed by atoms with Gasteiger partial charge < -0.3 is 9.47 Å². The molecule has 0 aromatic heterocycles. The van der Waals surface area contributed by atoms with Gasteiger partial charge in [0, 0.05) is 5.56 Å². The van der Waals surface area contributed by atoms with Crippen molar-refractivity contribution in [2.45, 2.75) is 38.2 Å². The average Bonchev–Trinajstić information content (AvgIpc) is 2.51. The lowest BCUT2D eigenvalue weighted by atomic mass is 9.55. The number of rotatable bonds is 3. The SMILES string of the molecule is C=Cc1ccccc1OC(=O)OC1C2CC3CC(C2)CC1C3. The molecule has 4 aliphatic rings. The molecule has 0 radical (unpaired) electrons. The Bertz CT molecular complexity index is 564. The number of hydrogen-bond acceptors (Lipinski definition) is 3. The van der Waals surface area contributed by atoms with Crippen LogP contribution in [-0.4, -0.2) is 12.3 Å². The summed E-state index contributed by atoms with van der Waals surface area (Å²) in [6.07, 6.45) is 7.51. The van der Waals surface area contributed by atoms with Crippen LogP contribution in [0.2, 0.25) is 0 Å². The Labute approximate surface area is 131 Å². The summed E-state index contributed by atoms with van der Waals surface area (Å²) in [5, 5.41) is 0. The molecule has 0 saturated heterocycles. The molecule has 0 N–H and O–H groups in total. The topological polar surface area (TPSA) is 35.5 Å². The van der Waals surface area contributed by atoms with E-state index in [1.165, 1.54) is 32.1 Å². The van der Waals surface area contributed by atoms with E-state index < -0.39 is 6.16 Å². The quantitative estimate of drug-likeness (QED) is 0.601. The summed E-state index contributed by atoms with van der Waals surface area (Å²) >= 11 is 0. The number of ether oxygens (including phenoxy) is 2. The Morgan fingerprint density at radius 1 is 1.05 bits per heavy atom. The first-order valence-electron chi connectivity index (χ1n) is 8.33. The maximum absolute atomic E-state index is 12.2. The molecule has 0 amide bonds. The zero-order valence-corrected chi connectivity index (χ0v) is 12.7. The number of benzene rings is 1. The highest BCUT2D eigenvalue weighted by molar-refractivity contribution is 5.67. The standard InChI is InChI=1S/C19H22O3/c1-2-14-5-3-4-6-17(14)21-19(20)22-18-15-8-12-7-13(10-15)11-16(18)9-12/h2-6,12-13,15-16,18H,1,7-11H2.